The number of nitrogens with zero attached hydrogens (tertiary/aromatic N) is 1. The van der Waals surface area contributed by atoms with E-state index < -0.39 is 50.0 Å². The smallest absolute Gasteiger partial charge is 0.311 e. The summed E-state index contributed by atoms with van der Waals surface area (Å²) in [6.07, 6.45) is 0.291. The van der Waals surface area contributed by atoms with Gasteiger partial charge < -0.3 is 10.0 Å². The molecule has 2 atom stereocenters. The summed E-state index contributed by atoms with van der Waals surface area (Å²) in [4.78, 5) is 25.0. The molecule has 0 aliphatic carbocycles. The van der Waals surface area contributed by atoms with Gasteiger partial charge in [-0.15, -0.1) is 0 Å². The second-order valence-corrected chi connectivity index (χ2v) is 8.83. The number of hydrogen-bond donors (Lipinski definition) is 2. The second kappa shape index (κ2) is 7.32. The van der Waals surface area contributed by atoms with E-state index in [2.05, 4.69) is 4.72 Å². The fourth-order valence-corrected chi connectivity index (χ4v) is 4.30. The van der Waals surface area contributed by atoms with Gasteiger partial charge in [0, 0.05) is 13.1 Å². The number of benzene rings is 1. The summed E-state index contributed by atoms with van der Waals surface area (Å²) in [5, 5.41) is 9.29. The molecule has 0 radical (unpaired) electrons. The van der Waals surface area contributed by atoms with E-state index >= 15 is 0 Å². The lowest BCUT2D eigenvalue weighted by atomic mass is 9.90. The lowest BCUT2D eigenvalue weighted by molar-refractivity contribution is -0.147. The lowest BCUT2D eigenvalue weighted by Gasteiger charge is -2.27. The molecule has 1 fully saturated rings. The molecule has 1 aliphatic rings. The first-order chi connectivity index (χ1) is 12.0. The van der Waals surface area contributed by atoms with Crippen molar-refractivity contribution in [3.8, 4) is 0 Å². The first-order valence-electron chi connectivity index (χ1n) is 8.27. The number of amides is 1. The molecule has 144 valence electrons. The Balaban J connectivity index is 2.23. The summed E-state index contributed by atoms with van der Waals surface area (Å²) in [5.74, 6) is -2.82. The molecule has 0 spiro atoms. The molecule has 9 heteroatoms. The Bertz CT molecular complexity index is 811. The van der Waals surface area contributed by atoms with Gasteiger partial charge in [0.2, 0.25) is 15.9 Å². The standard InChI is InChI=1S/C17H23FN2O5S/c1-11(2)14(15(21)20-9-8-17(3,10-20)16(22)23)19-26(24,25)13-7-5-4-6-12(13)18/h4-7,11,14,19H,8-10H2,1-3H3,(H,22,23)/t14-,17?/m0/s1. The van der Waals surface area contributed by atoms with Crippen LogP contribution in [0.4, 0.5) is 4.39 Å². The van der Waals surface area contributed by atoms with Gasteiger partial charge in [0.05, 0.1) is 5.41 Å². The van der Waals surface area contributed by atoms with E-state index in [9.17, 15) is 27.5 Å². The minimum absolute atomic E-state index is 0.00577. The van der Waals surface area contributed by atoms with Crippen LogP contribution in [-0.4, -0.2) is 49.4 Å². The largest absolute Gasteiger partial charge is 0.481 e. The van der Waals surface area contributed by atoms with Crippen molar-refractivity contribution in [1.29, 1.82) is 0 Å². The topological polar surface area (TPSA) is 104 Å². The van der Waals surface area contributed by atoms with Crippen LogP contribution < -0.4 is 4.72 Å². The van der Waals surface area contributed by atoms with Crippen molar-refractivity contribution in [2.45, 2.75) is 38.1 Å². The van der Waals surface area contributed by atoms with E-state index in [0.29, 0.717) is 6.42 Å². The van der Waals surface area contributed by atoms with Gasteiger partial charge in [-0.25, -0.2) is 12.8 Å². The highest BCUT2D eigenvalue weighted by molar-refractivity contribution is 7.89. The van der Waals surface area contributed by atoms with Crippen LogP contribution in [0.15, 0.2) is 29.2 Å². The number of aliphatic carboxylic acids is 1. The first-order valence-corrected chi connectivity index (χ1v) is 9.75. The predicted molar refractivity (Wildman–Crippen MR) is 92.3 cm³/mol. The summed E-state index contributed by atoms with van der Waals surface area (Å²) in [6.45, 7) is 5.12. The van der Waals surface area contributed by atoms with Crippen LogP contribution in [-0.2, 0) is 19.6 Å². The molecule has 1 aromatic rings. The van der Waals surface area contributed by atoms with E-state index in [1.54, 1.807) is 20.8 Å². The van der Waals surface area contributed by atoms with E-state index in [0.717, 1.165) is 12.1 Å². The zero-order valence-electron chi connectivity index (χ0n) is 14.9. The van der Waals surface area contributed by atoms with Gasteiger partial charge in [0.1, 0.15) is 16.8 Å². The third kappa shape index (κ3) is 4.04. The number of halogens is 1. The first kappa shape index (κ1) is 20.3. The van der Waals surface area contributed by atoms with E-state index in [1.165, 1.54) is 17.0 Å². The molecule has 0 saturated carbocycles. The van der Waals surface area contributed by atoms with Crippen LogP contribution in [0.1, 0.15) is 27.2 Å². The molecule has 1 aromatic carbocycles. The van der Waals surface area contributed by atoms with Crippen LogP contribution in [0.3, 0.4) is 0 Å². The summed E-state index contributed by atoms with van der Waals surface area (Å²) in [5.41, 5.74) is -1.05. The second-order valence-electron chi connectivity index (χ2n) is 7.15. The maximum absolute atomic E-state index is 13.8. The quantitative estimate of drug-likeness (QED) is 0.770. The van der Waals surface area contributed by atoms with Crippen LogP contribution in [0.25, 0.3) is 0 Å². The fraction of sp³-hybridized carbons (Fsp3) is 0.529. The molecule has 2 rings (SSSR count). The molecular formula is C17H23FN2O5S. The van der Waals surface area contributed by atoms with E-state index in [-0.39, 0.29) is 13.1 Å². The highest BCUT2D eigenvalue weighted by Gasteiger charge is 2.44. The van der Waals surface area contributed by atoms with Crippen molar-refractivity contribution in [2.24, 2.45) is 11.3 Å². The van der Waals surface area contributed by atoms with Gasteiger partial charge in [-0.1, -0.05) is 26.0 Å². The zero-order valence-corrected chi connectivity index (χ0v) is 15.7. The number of sulfonamides is 1. The fourth-order valence-electron chi connectivity index (χ4n) is 2.89. The Morgan fingerprint density at radius 2 is 1.92 bits per heavy atom. The van der Waals surface area contributed by atoms with Crippen molar-refractivity contribution in [1.82, 2.24) is 9.62 Å². The average Bonchev–Trinajstić information content (AvgIpc) is 2.96. The average molecular weight is 386 g/mol. The summed E-state index contributed by atoms with van der Waals surface area (Å²) < 4.78 is 41.1. The molecular weight excluding hydrogens is 363 g/mol. The number of carboxylic acid groups (broad SMARTS) is 1. The molecule has 1 aliphatic heterocycles. The normalized spacial score (nSPS) is 21.8. The Morgan fingerprint density at radius 3 is 2.42 bits per heavy atom. The van der Waals surface area contributed by atoms with Gasteiger partial charge in [0.15, 0.2) is 0 Å². The third-order valence-corrected chi connectivity index (χ3v) is 6.12. The highest BCUT2D eigenvalue weighted by Crippen LogP contribution is 2.31. The van der Waals surface area contributed by atoms with Gasteiger partial charge in [-0.3, -0.25) is 9.59 Å². The number of rotatable bonds is 6. The maximum atomic E-state index is 13.8. The van der Waals surface area contributed by atoms with Crippen LogP contribution in [0, 0.1) is 17.2 Å². The molecule has 1 saturated heterocycles. The summed E-state index contributed by atoms with van der Waals surface area (Å²) in [6, 6.07) is 3.80. The van der Waals surface area contributed by atoms with Crippen molar-refractivity contribution >= 4 is 21.9 Å². The number of likely N-dealkylation sites (tertiary alicyclic amines) is 1. The molecule has 26 heavy (non-hydrogen) atoms. The number of nitrogens with one attached hydrogen (secondary N) is 1. The van der Waals surface area contributed by atoms with Gasteiger partial charge in [-0.2, -0.15) is 4.72 Å². The van der Waals surface area contributed by atoms with Crippen molar-refractivity contribution in [2.75, 3.05) is 13.1 Å². The Kier molecular flexibility index (Phi) is 5.72. The molecule has 1 amide bonds. The minimum atomic E-state index is -4.24. The predicted octanol–water partition coefficient (Wildman–Crippen LogP) is 1.45. The molecule has 1 unspecified atom stereocenters. The van der Waals surface area contributed by atoms with E-state index in [4.69, 9.17) is 0 Å². The van der Waals surface area contributed by atoms with Crippen LogP contribution in [0.2, 0.25) is 0 Å². The number of hydrogen-bond acceptors (Lipinski definition) is 4. The monoisotopic (exact) mass is 386 g/mol. The maximum Gasteiger partial charge on any atom is 0.311 e. The Labute approximate surface area is 152 Å². The molecule has 0 aromatic heterocycles. The van der Waals surface area contributed by atoms with Crippen molar-refractivity contribution in [3.05, 3.63) is 30.1 Å². The Morgan fingerprint density at radius 1 is 1.31 bits per heavy atom. The van der Waals surface area contributed by atoms with Crippen molar-refractivity contribution < 1.29 is 27.5 Å². The van der Waals surface area contributed by atoms with Gasteiger partial charge in [0.25, 0.3) is 0 Å². The number of carbonyl (C=O) groups excluding carboxylic acids is 1. The molecule has 1 heterocycles. The SMILES string of the molecule is CC(C)[C@H](NS(=O)(=O)c1ccccc1F)C(=O)N1CCC(C)(C(=O)O)C1. The summed E-state index contributed by atoms with van der Waals surface area (Å²) in [7, 11) is -4.24. The lowest BCUT2D eigenvalue weighted by Crippen LogP contribution is -2.51. The number of carboxylic acids is 1. The number of carbonyl (C=O) groups is 2. The van der Waals surface area contributed by atoms with Gasteiger partial charge >= 0.3 is 5.97 Å². The van der Waals surface area contributed by atoms with Crippen LogP contribution >= 0.6 is 0 Å². The minimum Gasteiger partial charge on any atom is -0.481 e. The van der Waals surface area contributed by atoms with Crippen molar-refractivity contribution in [3.63, 3.8) is 0 Å². The molecule has 0 bridgehead atoms. The Hall–Kier alpha value is -2.00. The highest BCUT2D eigenvalue weighted by atomic mass is 32.2. The molecule has 7 nitrogen and oxygen atoms in total. The van der Waals surface area contributed by atoms with E-state index in [1.807, 2.05) is 0 Å². The van der Waals surface area contributed by atoms with Gasteiger partial charge in [-0.05, 0) is 31.4 Å². The van der Waals surface area contributed by atoms with Crippen LogP contribution in [0.5, 0.6) is 0 Å². The summed E-state index contributed by atoms with van der Waals surface area (Å²) >= 11 is 0. The molecule has 2 N–H and O–H groups in total. The zero-order chi connectivity index (χ0) is 19.7. The third-order valence-electron chi connectivity index (χ3n) is 4.64.